The van der Waals surface area contributed by atoms with Gasteiger partial charge < -0.3 is 5.32 Å². The van der Waals surface area contributed by atoms with Crippen LogP contribution in [0.2, 0.25) is 10.0 Å². The van der Waals surface area contributed by atoms with E-state index < -0.39 is 0 Å². The van der Waals surface area contributed by atoms with Crippen molar-refractivity contribution in [2.75, 3.05) is 5.32 Å². The highest BCUT2D eigenvalue weighted by Crippen LogP contribution is 2.31. The maximum Gasteiger partial charge on any atom is 0.184 e. The molecule has 0 saturated heterocycles. The van der Waals surface area contributed by atoms with E-state index >= 15 is 0 Å². The largest absolute Gasteiger partial charge is 0.355 e. The second-order valence-electron chi connectivity index (χ2n) is 4.52. The van der Waals surface area contributed by atoms with E-state index in [9.17, 15) is 0 Å². The summed E-state index contributed by atoms with van der Waals surface area (Å²) < 4.78 is 1.11. The molecule has 1 atom stereocenters. The summed E-state index contributed by atoms with van der Waals surface area (Å²) in [5.41, 5.74) is 1.97. The summed E-state index contributed by atoms with van der Waals surface area (Å²) in [5.74, 6) is 0. The standard InChI is InChI=1S/C15H12Cl2N2S/c1-9(11-4-2-3-5-12(11)17)18-15-19-13-8-10(16)6-7-14(13)20-15/h2-9H,1H3,(H,18,19). The Morgan fingerprint density at radius 3 is 2.75 bits per heavy atom. The van der Waals surface area contributed by atoms with Crippen LogP contribution < -0.4 is 5.32 Å². The molecule has 0 aliphatic carbocycles. The number of hydrogen-bond donors (Lipinski definition) is 1. The van der Waals surface area contributed by atoms with Gasteiger partial charge in [-0.1, -0.05) is 52.7 Å². The smallest absolute Gasteiger partial charge is 0.184 e. The van der Waals surface area contributed by atoms with Gasteiger partial charge in [0.1, 0.15) is 0 Å². The second-order valence-corrected chi connectivity index (χ2v) is 6.39. The summed E-state index contributed by atoms with van der Waals surface area (Å²) in [6, 6.07) is 13.7. The third-order valence-corrected chi connectivity index (χ3v) is 4.61. The Morgan fingerprint density at radius 2 is 1.95 bits per heavy atom. The third-order valence-electron chi connectivity index (χ3n) is 3.06. The number of rotatable bonds is 3. The molecule has 0 saturated carbocycles. The zero-order chi connectivity index (χ0) is 14.1. The molecule has 2 aromatic carbocycles. The maximum atomic E-state index is 6.21. The van der Waals surface area contributed by atoms with Gasteiger partial charge in [-0.3, -0.25) is 0 Å². The van der Waals surface area contributed by atoms with E-state index in [1.807, 2.05) is 42.5 Å². The Hall–Kier alpha value is -1.29. The molecule has 3 aromatic rings. The molecule has 0 fully saturated rings. The topological polar surface area (TPSA) is 24.9 Å². The van der Waals surface area contributed by atoms with Crippen molar-refractivity contribution in [3.05, 3.63) is 58.1 Å². The number of nitrogens with zero attached hydrogens (tertiary/aromatic N) is 1. The van der Waals surface area contributed by atoms with Crippen molar-refractivity contribution in [1.82, 2.24) is 4.98 Å². The highest BCUT2D eigenvalue weighted by atomic mass is 35.5. The molecule has 3 rings (SSSR count). The van der Waals surface area contributed by atoms with Gasteiger partial charge in [0.25, 0.3) is 0 Å². The summed E-state index contributed by atoms with van der Waals surface area (Å²) in [6.45, 7) is 2.07. The van der Waals surface area contributed by atoms with Gasteiger partial charge in [0, 0.05) is 10.0 Å². The molecule has 1 unspecified atom stereocenters. The molecule has 5 heteroatoms. The number of nitrogens with one attached hydrogen (secondary N) is 1. The van der Waals surface area contributed by atoms with Crippen LogP contribution in [0.4, 0.5) is 5.13 Å². The molecule has 0 radical (unpaired) electrons. The number of hydrogen-bond acceptors (Lipinski definition) is 3. The van der Waals surface area contributed by atoms with Gasteiger partial charge in [0.15, 0.2) is 5.13 Å². The molecular weight excluding hydrogens is 311 g/mol. The lowest BCUT2D eigenvalue weighted by Crippen LogP contribution is -2.06. The Kier molecular flexibility index (Phi) is 3.83. The van der Waals surface area contributed by atoms with E-state index in [2.05, 4.69) is 17.2 Å². The monoisotopic (exact) mass is 322 g/mol. The van der Waals surface area contributed by atoms with E-state index in [4.69, 9.17) is 23.2 Å². The molecule has 20 heavy (non-hydrogen) atoms. The Balaban J connectivity index is 1.87. The fourth-order valence-electron chi connectivity index (χ4n) is 2.05. The van der Waals surface area contributed by atoms with Crippen LogP contribution in [-0.4, -0.2) is 4.98 Å². The first-order valence-corrected chi connectivity index (χ1v) is 7.78. The molecule has 1 aromatic heterocycles. The molecule has 2 nitrogen and oxygen atoms in total. The molecule has 0 spiro atoms. The number of thiazole rings is 1. The first kappa shape index (κ1) is 13.7. The van der Waals surface area contributed by atoms with Gasteiger partial charge >= 0.3 is 0 Å². The van der Waals surface area contributed by atoms with Crippen molar-refractivity contribution >= 4 is 49.9 Å². The second kappa shape index (κ2) is 5.60. The molecular formula is C15H12Cl2N2S. The summed E-state index contributed by atoms with van der Waals surface area (Å²) in [6.07, 6.45) is 0. The number of fused-ring (bicyclic) bond motifs is 1. The van der Waals surface area contributed by atoms with Crippen molar-refractivity contribution in [3.63, 3.8) is 0 Å². The fourth-order valence-corrected chi connectivity index (χ4v) is 3.45. The lowest BCUT2D eigenvalue weighted by atomic mass is 10.1. The van der Waals surface area contributed by atoms with Crippen LogP contribution in [0.15, 0.2) is 42.5 Å². The lowest BCUT2D eigenvalue weighted by Gasteiger charge is -2.14. The van der Waals surface area contributed by atoms with Crippen LogP contribution in [0.1, 0.15) is 18.5 Å². The SMILES string of the molecule is CC(Nc1nc2cc(Cl)ccc2s1)c1ccccc1Cl. The van der Waals surface area contributed by atoms with Crippen LogP contribution in [-0.2, 0) is 0 Å². The van der Waals surface area contributed by atoms with Gasteiger partial charge in [-0.15, -0.1) is 0 Å². The van der Waals surface area contributed by atoms with Crippen LogP contribution in [0.25, 0.3) is 10.2 Å². The zero-order valence-corrected chi connectivity index (χ0v) is 13.1. The number of halogens is 2. The summed E-state index contributed by atoms with van der Waals surface area (Å²) in [4.78, 5) is 4.55. The van der Waals surface area contributed by atoms with Gasteiger partial charge in [-0.25, -0.2) is 4.98 Å². The van der Waals surface area contributed by atoms with Crippen molar-refractivity contribution < 1.29 is 0 Å². The summed E-state index contributed by atoms with van der Waals surface area (Å²) >= 11 is 13.8. The van der Waals surface area contributed by atoms with Crippen molar-refractivity contribution in [2.24, 2.45) is 0 Å². The Labute approximate surface area is 131 Å². The molecule has 0 bridgehead atoms. The summed E-state index contributed by atoms with van der Waals surface area (Å²) in [5, 5.41) is 5.72. The average molecular weight is 323 g/mol. The van der Waals surface area contributed by atoms with Crippen LogP contribution in [0.3, 0.4) is 0 Å². The first-order valence-electron chi connectivity index (χ1n) is 6.20. The minimum absolute atomic E-state index is 0.0970. The maximum absolute atomic E-state index is 6.21. The van der Waals surface area contributed by atoms with Crippen LogP contribution >= 0.6 is 34.5 Å². The van der Waals surface area contributed by atoms with E-state index in [-0.39, 0.29) is 6.04 Å². The van der Waals surface area contributed by atoms with Crippen molar-refractivity contribution in [2.45, 2.75) is 13.0 Å². The van der Waals surface area contributed by atoms with Gasteiger partial charge in [-0.05, 0) is 36.8 Å². The zero-order valence-electron chi connectivity index (χ0n) is 10.7. The predicted molar refractivity (Wildman–Crippen MR) is 88.1 cm³/mol. The number of aromatic nitrogens is 1. The van der Waals surface area contributed by atoms with Gasteiger partial charge in [0.2, 0.25) is 0 Å². The molecule has 0 aliphatic heterocycles. The third kappa shape index (κ3) is 2.75. The molecule has 0 aliphatic rings. The van der Waals surface area contributed by atoms with Gasteiger partial charge in [0.05, 0.1) is 16.3 Å². The van der Waals surface area contributed by atoms with E-state index in [0.29, 0.717) is 5.02 Å². The molecule has 1 N–H and O–H groups in total. The van der Waals surface area contributed by atoms with E-state index in [1.54, 1.807) is 11.3 Å². The molecule has 102 valence electrons. The number of anilines is 1. The molecule has 0 amide bonds. The quantitative estimate of drug-likeness (QED) is 0.661. The van der Waals surface area contributed by atoms with Crippen LogP contribution in [0, 0.1) is 0 Å². The lowest BCUT2D eigenvalue weighted by molar-refractivity contribution is 0.883. The van der Waals surface area contributed by atoms with Crippen molar-refractivity contribution in [1.29, 1.82) is 0 Å². The highest BCUT2D eigenvalue weighted by Gasteiger charge is 2.11. The Bertz CT molecular complexity index is 754. The Morgan fingerprint density at radius 1 is 1.15 bits per heavy atom. The van der Waals surface area contributed by atoms with E-state index in [0.717, 1.165) is 25.9 Å². The van der Waals surface area contributed by atoms with Gasteiger partial charge in [-0.2, -0.15) is 0 Å². The first-order chi connectivity index (χ1) is 9.63. The number of benzene rings is 2. The fraction of sp³-hybridized carbons (Fsp3) is 0.133. The molecule has 1 heterocycles. The predicted octanol–water partition coefficient (Wildman–Crippen LogP) is 5.78. The summed E-state index contributed by atoms with van der Waals surface area (Å²) in [7, 11) is 0. The minimum Gasteiger partial charge on any atom is -0.355 e. The highest BCUT2D eigenvalue weighted by molar-refractivity contribution is 7.22. The van der Waals surface area contributed by atoms with E-state index in [1.165, 1.54) is 0 Å². The van der Waals surface area contributed by atoms with Crippen LogP contribution in [0.5, 0.6) is 0 Å². The average Bonchev–Trinajstić information content (AvgIpc) is 2.80. The minimum atomic E-state index is 0.0970. The van der Waals surface area contributed by atoms with Crippen molar-refractivity contribution in [3.8, 4) is 0 Å². The normalized spacial score (nSPS) is 12.6.